The van der Waals surface area contributed by atoms with Crippen LogP contribution in [0.25, 0.3) is 0 Å². The van der Waals surface area contributed by atoms with Gasteiger partial charge in [0.1, 0.15) is 0 Å². The lowest BCUT2D eigenvalue weighted by molar-refractivity contribution is -0.137. The molecule has 2 unspecified atom stereocenters. The van der Waals surface area contributed by atoms with Gasteiger partial charge >= 0.3 is 6.18 Å². The minimum atomic E-state index is -4.29. The van der Waals surface area contributed by atoms with E-state index in [9.17, 15) is 13.2 Å². The summed E-state index contributed by atoms with van der Waals surface area (Å²) < 4.78 is 43.0. The topological polar surface area (TPSA) is 35.2 Å². The molecule has 0 radical (unpaired) electrons. The van der Waals surface area contributed by atoms with Gasteiger partial charge in [-0.1, -0.05) is 12.1 Å². The highest BCUT2D eigenvalue weighted by atomic mass is 19.4. The molecule has 0 spiro atoms. The second-order valence-corrected chi connectivity index (χ2v) is 4.94. The second-order valence-electron chi connectivity index (χ2n) is 4.94. The predicted octanol–water partition coefficient (Wildman–Crippen LogP) is 3.17. The van der Waals surface area contributed by atoms with Gasteiger partial charge in [0.05, 0.1) is 12.2 Å². The number of benzene rings is 1. The Morgan fingerprint density at radius 3 is 2.42 bits per heavy atom. The van der Waals surface area contributed by atoms with Crippen molar-refractivity contribution >= 4 is 0 Å². The molecule has 0 amide bonds. The van der Waals surface area contributed by atoms with Gasteiger partial charge in [0, 0.05) is 12.5 Å². The summed E-state index contributed by atoms with van der Waals surface area (Å²) in [4.78, 5) is 0. The van der Waals surface area contributed by atoms with Crippen molar-refractivity contribution in [2.75, 3.05) is 19.8 Å². The quantitative estimate of drug-likeness (QED) is 0.918. The van der Waals surface area contributed by atoms with E-state index in [-0.39, 0.29) is 5.92 Å². The Kier molecular flexibility index (Phi) is 4.47. The Labute approximate surface area is 110 Å². The van der Waals surface area contributed by atoms with Crippen LogP contribution in [-0.2, 0) is 10.9 Å². The van der Waals surface area contributed by atoms with Crippen LogP contribution in [0.5, 0.6) is 0 Å². The van der Waals surface area contributed by atoms with Crippen LogP contribution in [0.15, 0.2) is 24.3 Å². The normalized spacial score (nSPS) is 22.2. The summed E-state index contributed by atoms with van der Waals surface area (Å²) in [6, 6.07) is 5.33. The Bertz CT molecular complexity index is 396. The molecule has 19 heavy (non-hydrogen) atoms. The molecule has 5 heteroatoms. The molecule has 0 aromatic heterocycles. The molecule has 1 aromatic rings. The number of rotatable bonds is 3. The highest BCUT2D eigenvalue weighted by molar-refractivity contribution is 5.28. The van der Waals surface area contributed by atoms with Crippen molar-refractivity contribution in [1.82, 2.24) is 0 Å². The number of nitrogens with two attached hydrogens (primary N) is 1. The van der Waals surface area contributed by atoms with Crippen LogP contribution in [-0.4, -0.2) is 19.8 Å². The smallest absolute Gasteiger partial charge is 0.381 e. The fourth-order valence-electron chi connectivity index (χ4n) is 2.60. The predicted molar refractivity (Wildman–Crippen MR) is 66.8 cm³/mol. The molecule has 2 N–H and O–H groups in total. The third kappa shape index (κ3) is 3.48. The van der Waals surface area contributed by atoms with Crippen LogP contribution in [0.4, 0.5) is 13.2 Å². The number of hydrogen-bond donors (Lipinski definition) is 1. The molecule has 0 saturated carbocycles. The van der Waals surface area contributed by atoms with E-state index in [2.05, 4.69) is 0 Å². The van der Waals surface area contributed by atoms with E-state index < -0.39 is 11.7 Å². The zero-order chi connectivity index (χ0) is 13.9. The zero-order valence-corrected chi connectivity index (χ0v) is 10.6. The van der Waals surface area contributed by atoms with Gasteiger partial charge in [-0.15, -0.1) is 0 Å². The van der Waals surface area contributed by atoms with Gasteiger partial charge in [-0.05, 0) is 43.0 Å². The third-order valence-corrected chi connectivity index (χ3v) is 3.68. The Hall–Kier alpha value is -1.07. The lowest BCUT2D eigenvalue weighted by Gasteiger charge is -2.29. The number of ether oxygens (including phenoxy) is 1. The van der Waals surface area contributed by atoms with E-state index in [1.165, 1.54) is 12.1 Å². The standard InChI is InChI=1S/C14H18F3NO/c15-14(16,17)12-5-3-10(4-6-12)13(8-18)11-2-1-7-19-9-11/h3-6,11,13H,1-2,7-9,18H2. The van der Waals surface area contributed by atoms with E-state index >= 15 is 0 Å². The SMILES string of the molecule is NCC(c1ccc(C(F)(F)F)cc1)C1CCCOC1. The molecular formula is C14H18F3NO. The molecule has 2 atom stereocenters. The molecule has 1 aliphatic rings. The van der Waals surface area contributed by atoms with Crippen LogP contribution in [0.2, 0.25) is 0 Å². The zero-order valence-electron chi connectivity index (χ0n) is 10.6. The first-order valence-corrected chi connectivity index (χ1v) is 6.47. The van der Waals surface area contributed by atoms with Crippen LogP contribution >= 0.6 is 0 Å². The highest BCUT2D eigenvalue weighted by Gasteiger charge is 2.31. The van der Waals surface area contributed by atoms with Crippen molar-refractivity contribution in [3.63, 3.8) is 0 Å². The minimum Gasteiger partial charge on any atom is -0.381 e. The lowest BCUT2D eigenvalue weighted by atomic mass is 9.82. The maximum atomic E-state index is 12.5. The summed E-state index contributed by atoms with van der Waals surface area (Å²) in [6.07, 6.45) is -2.28. The Morgan fingerprint density at radius 1 is 1.26 bits per heavy atom. The summed E-state index contributed by atoms with van der Waals surface area (Å²) >= 11 is 0. The Morgan fingerprint density at radius 2 is 1.95 bits per heavy atom. The van der Waals surface area contributed by atoms with Gasteiger partial charge in [-0.2, -0.15) is 13.2 Å². The number of alkyl halides is 3. The summed E-state index contributed by atoms with van der Waals surface area (Å²) in [5.74, 6) is 0.373. The van der Waals surface area contributed by atoms with Crippen molar-refractivity contribution in [1.29, 1.82) is 0 Å². The third-order valence-electron chi connectivity index (χ3n) is 3.68. The monoisotopic (exact) mass is 273 g/mol. The molecule has 1 aromatic carbocycles. The van der Waals surface area contributed by atoms with Crippen molar-refractivity contribution in [3.05, 3.63) is 35.4 Å². The molecule has 1 fully saturated rings. The first kappa shape index (κ1) is 14.3. The van der Waals surface area contributed by atoms with E-state index in [1.807, 2.05) is 0 Å². The molecule has 2 rings (SSSR count). The first-order valence-electron chi connectivity index (χ1n) is 6.47. The summed E-state index contributed by atoms with van der Waals surface area (Å²) in [5, 5.41) is 0. The number of halogens is 3. The minimum absolute atomic E-state index is 0.0718. The van der Waals surface area contributed by atoms with Crippen molar-refractivity contribution < 1.29 is 17.9 Å². The van der Waals surface area contributed by atoms with Gasteiger partial charge in [0.2, 0.25) is 0 Å². The van der Waals surface area contributed by atoms with Crippen LogP contribution in [0, 0.1) is 5.92 Å². The summed E-state index contributed by atoms with van der Waals surface area (Å²) in [7, 11) is 0. The van der Waals surface area contributed by atoms with Gasteiger partial charge in [-0.3, -0.25) is 0 Å². The van der Waals surface area contributed by atoms with Crippen LogP contribution < -0.4 is 5.73 Å². The maximum absolute atomic E-state index is 12.5. The molecule has 0 bridgehead atoms. The van der Waals surface area contributed by atoms with Gasteiger partial charge in [-0.25, -0.2) is 0 Å². The fourth-order valence-corrected chi connectivity index (χ4v) is 2.60. The molecule has 1 aliphatic heterocycles. The first-order chi connectivity index (χ1) is 9.02. The van der Waals surface area contributed by atoms with Crippen molar-refractivity contribution in [2.45, 2.75) is 24.9 Å². The molecular weight excluding hydrogens is 255 g/mol. The molecule has 1 saturated heterocycles. The molecule has 106 valence electrons. The fraction of sp³-hybridized carbons (Fsp3) is 0.571. The van der Waals surface area contributed by atoms with Crippen LogP contribution in [0.1, 0.15) is 29.9 Å². The lowest BCUT2D eigenvalue weighted by Crippen LogP contribution is -2.28. The van der Waals surface area contributed by atoms with E-state index in [4.69, 9.17) is 10.5 Å². The van der Waals surface area contributed by atoms with Gasteiger partial charge < -0.3 is 10.5 Å². The molecule has 1 heterocycles. The maximum Gasteiger partial charge on any atom is 0.416 e. The van der Waals surface area contributed by atoms with Crippen molar-refractivity contribution in [3.8, 4) is 0 Å². The van der Waals surface area contributed by atoms with E-state index in [0.717, 1.165) is 37.1 Å². The number of hydrogen-bond acceptors (Lipinski definition) is 2. The Balaban J connectivity index is 2.14. The summed E-state index contributed by atoms with van der Waals surface area (Å²) in [6.45, 7) is 1.84. The summed E-state index contributed by atoms with van der Waals surface area (Å²) in [5.41, 5.74) is 6.03. The van der Waals surface area contributed by atoms with E-state index in [1.54, 1.807) is 0 Å². The molecule has 0 aliphatic carbocycles. The average Bonchev–Trinajstić information content (AvgIpc) is 2.40. The largest absolute Gasteiger partial charge is 0.416 e. The van der Waals surface area contributed by atoms with E-state index in [0.29, 0.717) is 19.1 Å². The highest BCUT2D eigenvalue weighted by Crippen LogP contribution is 2.33. The second kappa shape index (κ2) is 5.92. The van der Waals surface area contributed by atoms with Gasteiger partial charge in [0.25, 0.3) is 0 Å². The van der Waals surface area contributed by atoms with Crippen molar-refractivity contribution in [2.24, 2.45) is 11.7 Å². The average molecular weight is 273 g/mol. The molecule has 2 nitrogen and oxygen atoms in total. The van der Waals surface area contributed by atoms with Crippen LogP contribution in [0.3, 0.4) is 0 Å². The van der Waals surface area contributed by atoms with Gasteiger partial charge in [0.15, 0.2) is 0 Å².